The molecule has 0 atom stereocenters. The van der Waals surface area contributed by atoms with Gasteiger partial charge in [-0.25, -0.2) is 9.97 Å². The second kappa shape index (κ2) is 6.66. The fraction of sp³-hybridized carbons (Fsp3) is 0.583. The first-order chi connectivity index (χ1) is 8.42. The summed E-state index contributed by atoms with van der Waals surface area (Å²) in [5.74, 6) is 0.333. The van der Waals surface area contributed by atoms with Crippen LogP contribution in [0.2, 0.25) is 5.15 Å². The molecule has 0 fully saturated rings. The molecule has 0 saturated carbocycles. The summed E-state index contributed by atoms with van der Waals surface area (Å²) in [5, 5.41) is 0.416. The van der Waals surface area contributed by atoms with Crippen LogP contribution in [0.25, 0.3) is 0 Å². The molecule has 1 heterocycles. The Labute approximate surface area is 112 Å². The van der Waals surface area contributed by atoms with Crippen molar-refractivity contribution in [2.75, 3.05) is 13.7 Å². The number of carbonyl (C=O) groups excluding carboxylic acids is 1. The second-order valence-corrected chi connectivity index (χ2v) is 4.71. The molecule has 1 rings (SSSR count). The van der Waals surface area contributed by atoms with E-state index < -0.39 is 0 Å². The van der Waals surface area contributed by atoms with Crippen LogP contribution in [0.1, 0.15) is 25.4 Å². The molecule has 6 heteroatoms. The Morgan fingerprint density at radius 3 is 2.67 bits per heavy atom. The highest BCUT2D eigenvalue weighted by molar-refractivity contribution is 6.29. The molecule has 1 aromatic heterocycles. The molecule has 5 nitrogen and oxygen atoms in total. The lowest BCUT2D eigenvalue weighted by Gasteiger charge is -2.24. The third-order valence-corrected chi connectivity index (χ3v) is 2.70. The minimum Gasteiger partial charge on any atom is -0.468 e. The van der Waals surface area contributed by atoms with Crippen LogP contribution >= 0.6 is 11.6 Å². The van der Waals surface area contributed by atoms with E-state index in [4.69, 9.17) is 11.6 Å². The van der Waals surface area contributed by atoms with Gasteiger partial charge >= 0.3 is 5.97 Å². The topological polar surface area (TPSA) is 55.3 Å². The van der Waals surface area contributed by atoms with E-state index in [9.17, 15) is 4.79 Å². The number of rotatable bonds is 5. The van der Waals surface area contributed by atoms with Gasteiger partial charge in [0.15, 0.2) is 0 Å². The van der Waals surface area contributed by atoms with Gasteiger partial charge in [0.25, 0.3) is 0 Å². The molecule has 0 amide bonds. The molecular weight excluding hydrogens is 254 g/mol. The number of aromatic nitrogens is 2. The Morgan fingerprint density at radius 2 is 2.17 bits per heavy atom. The van der Waals surface area contributed by atoms with Crippen LogP contribution in [0.15, 0.2) is 6.07 Å². The fourth-order valence-corrected chi connectivity index (χ4v) is 1.75. The van der Waals surface area contributed by atoms with Crippen molar-refractivity contribution >= 4 is 17.6 Å². The van der Waals surface area contributed by atoms with Crippen molar-refractivity contribution in [3.8, 4) is 0 Å². The number of carbonyl (C=O) groups is 1. The SMILES string of the molecule is COC(=O)CN(Cc1nc(C)cc(Cl)n1)C(C)C. The summed E-state index contributed by atoms with van der Waals surface area (Å²) in [6, 6.07) is 1.89. The van der Waals surface area contributed by atoms with Gasteiger partial charge in [0, 0.05) is 11.7 Å². The van der Waals surface area contributed by atoms with Crippen LogP contribution in [0, 0.1) is 6.92 Å². The summed E-state index contributed by atoms with van der Waals surface area (Å²) in [6.07, 6.45) is 0. The van der Waals surface area contributed by atoms with Gasteiger partial charge in [-0.15, -0.1) is 0 Å². The van der Waals surface area contributed by atoms with Gasteiger partial charge in [0.2, 0.25) is 0 Å². The molecule has 0 saturated heterocycles. The third-order valence-electron chi connectivity index (χ3n) is 2.50. The monoisotopic (exact) mass is 271 g/mol. The van der Waals surface area contributed by atoms with Gasteiger partial charge in [0.05, 0.1) is 20.2 Å². The zero-order valence-electron chi connectivity index (χ0n) is 11.1. The van der Waals surface area contributed by atoms with E-state index in [0.29, 0.717) is 17.5 Å². The maximum absolute atomic E-state index is 11.3. The number of halogens is 1. The molecule has 0 spiro atoms. The molecule has 1 aromatic rings. The summed E-state index contributed by atoms with van der Waals surface area (Å²) >= 11 is 5.88. The molecule has 0 aromatic carbocycles. The lowest BCUT2D eigenvalue weighted by Crippen LogP contribution is -2.36. The summed E-state index contributed by atoms with van der Waals surface area (Å²) in [4.78, 5) is 21.7. The molecule has 0 aliphatic rings. The number of hydrogen-bond acceptors (Lipinski definition) is 5. The largest absolute Gasteiger partial charge is 0.468 e. The zero-order chi connectivity index (χ0) is 13.7. The Bertz CT molecular complexity index is 404. The van der Waals surface area contributed by atoms with Crippen molar-refractivity contribution in [3.05, 3.63) is 22.7 Å². The Kier molecular flexibility index (Phi) is 5.50. The molecule has 0 aliphatic heterocycles. The van der Waals surface area contributed by atoms with Gasteiger partial charge in [-0.3, -0.25) is 9.69 Å². The summed E-state index contributed by atoms with van der Waals surface area (Å²) in [6.45, 7) is 6.54. The second-order valence-electron chi connectivity index (χ2n) is 4.32. The van der Waals surface area contributed by atoms with Gasteiger partial charge in [0.1, 0.15) is 11.0 Å². The predicted octanol–water partition coefficient (Wildman–Crippen LogP) is 1.82. The van der Waals surface area contributed by atoms with Gasteiger partial charge in [-0.05, 0) is 26.8 Å². The van der Waals surface area contributed by atoms with Crippen molar-refractivity contribution < 1.29 is 9.53 Å². The maximum atomic E-state index is 11.3. The van der Waals surface area contributed by atoms with Crippen LogP contribution in [-0.4, -0.2) is 40.5 Å². The van der Waals surface area contributed by atoms with Crippen molar-refractivity contribution in [2.24, 2.45) is 0 Å². The number of aryl methyl sites for hydroxylation is 1. The number of hydrogen-bond donors (Lipinski definition) is 0. The van der Waals surface area contributed by atoms with E-state index >= 15 is 0 Å². The lowest BCUT2D eigenvalue weighted by atomic mass is 10.3. The van der Waals surface area contributed by atoms with E-state index in [2.05, 4.69) is 14.7 Å². The fourth-order valence-electron chi connectivity index (χ4n) is 1.49. The van der Waals surface area contributed by atoms with Crippen LogP contribution in [0.4, 0.5) is 0 Å². The molecule has 0 aliphatic carbocycles. The van der Waals surface area contributed by atoms with Gasteiger partial charge in [-0.2, -0.15) is 0 Å². The Balaban J connectivity index is 2.79. The minimum atomic E-state index is -0.276. The van der Waals surface area contributed by atoms with Crippen LogP contribution in [-0.2, 0) is 16.1 Å². The highest BCUT2D eigenvalue weighted by atomic mass is 35.5. The average Bonchev–Trinajstić information content (AvgIpc) is 2.26. The maximum Gasteiger partial charge on any atom is 0.319 e. The third kappa shape index (κ3) is 4.58. The van der Waals surface area contributed by atoms with E-state index in [-0.39, 0.29) is 18.6 Å². The number of ether oxygens (including phenoxy) is 1. The van der Waals surface area contributed by atoms with Crippen molar-refractivity contribution in [1.29, 1.82) is 0 Å². The zero-order valence-corrected chi connectivity index (χ0v) is 11.9. The summed E-state index contributed by atoms with van der Waals surface area (Å²) < 4.78 is 4.67. The Hall–Kier alpha value is -1.20. The first-order valence-corrected chi connectivity index (χ1v) is 6.11. The molecule has 0 bridgehead atoms. The smallest absolute Gasteiger partial charge is 0.319 e. The quantitative estimate of drug-likeness (QED) is 0.604. The standard InChI is InChI=1S/C12H18ClN3O2/c1-8(2)16(7-12(17)18-4)6-11-14-9(3)5-10(13)15-11/h5,8H,6-7H2,1-4H3. The molecule has 0 radical (unpaired) electrons. The van der Waals surface area contributed by atoms with E-state index in [0.717, 1.165) is 5.69 Å². The van der Waals surface area contributed by atoms with E-state index in [1.54, 1.807) is 6.07 Å². The molecule has 0 N–H and O–H groups in total. The molecule has 18 heavy (non-hydrogen) atoms. The normalized spacial score (nSPS) is 11.1. The molecule has 100 valence electrons. The lowest BCUT2D eigenvalue weighted by molar-refractivity contribution is -0.142. The van der Waals surface area contributed by atoms with E-state index in [1.807, 2.05) is 25.7 Å². The van der Waals surface area contributed by atoms with Crippen molar-refractivity contribution in [1.82, 2.24) is 14.9 Å². The van der Waals surface area contributed by atoms with Crippen molar-refractivity contribution in [3.63, 3.8) is 0 Å². The summed E-state index contributed by atoms with van der Waals surface area (Å²) in [7, 11) is 1.38. The molecular formula is C12H18ClN3O2. The van der Waals surface area contributed by atoms with Crippen LogP contribution < -0.4 is 0 Å². The number of nitrogens with zero attached hydrogens (tertiary/aromatic N) is 3. The van der Waals surface area contributed by atoms with E-state index in [1.165, 1.54) is 7.11 Å². The number of esters is 1. The van der Waals surface area contributed by atoms with Crippen LogP contribution in [0.5, 0.6) is 0 Å². The highest BCUT2D eigenvalue weighted by Gasteiger charge is 2.16. The van der Waals surface area contributed by atoms with Crippen molar-refractivity contribution in [2.45, 2.75) is 33.4 Å². The molecule has 0 unspecified atom stereocenters. The van der Waals surface area contributed by atoms with Gasteiger partial charge < -0.3 is 4.74 Å². The minimum absolute atomic E-state index is 0.187. The first-order valence-electron chi connectivity index (χ1n) is 5.73. The predicted molar refractivity (Wildman–Crippen MR) is 69.3 cm³/mol. The van der Waals surface area contributed by atoms with Crippen LogP contribution in [0.3, 0.4) is 0 Å². The number of methoxy groups -OCH3 is 1. The first kappa shape index (κ1) is 14.9. The average molecular weight is 272 g/mol. The van der Waals surface area contributed by atoms with Gasteiger partial charge in [-0.1, -0.05) is 11.6 Å². The highest BCUT2D eigenvalue weighted by Crippen LogP contribution is 2.10. The Morgan fingerprint density at radius 1 is 1.50 bits per heavy atom. The summed E-state index contributed by atoms with van der Waals surface area (Å²) in [5.41, 5.74) is 0.812.